The van der Waals surface area contributed by atoms with E-state index in [2.05, 4.69) is 0 Å². The van der Waals surface area contributed by atoms with Gasteiger partial charge < -0.3 is 0 Å². The molecule has 0 aromatic heterocycles. The van der Waals surface area contributed by atoms with Crippen LogP contribution in [-0.4, -0.2) is 5.24 Å². The van der Waals surface area contributed by atoms with Crippen molar-refractivity contribution in [3.05, 3.63) is 0 Å². The quantitative estimate of drug-likeness (QED) is 0.541. The molecule has 8 heavy (non-hydrogen) atoms. The zero-order valence-electron chi connectivity index (χ0n) is 5.28. The second-order valence-electron chi connectivity index (χ2n) is 2.07. The molecule has 0 aliphatic carbocycles. The SMILES string of the molecule is CC[C@@H](C)CC(=O)Cl. The maximum Gasteiger partial charge on any atom is 0.221 e. The fourth-order valence-corrected chi connectivity index (χ4v) is 0.682. The van der Waals surface area contributed by atoms with Gasteiger partial charge >= 0.3 is 0 Å². The van der Waals surface area contributed by atoms with E-state index in [4.69, 9.17) is 11.6 Å². The molecule has 0 saturated carbocycles. The molecule has 0 radical (unpaired) electrons. The highest BCUT2D eigenvalue weighted by Crippen LogP contribution is 2.07. The van der Waals surface area contributed by atoms with E-state index >= 15 is 0 Å². The van der Waals surface area contributed by atoms with Crippen LogP contribution in [0, 0.1) is 5.92 Å². The minimum absolute atomic E-state index is 0.223. The number of rotatable bonds is 3. The molecule has 0 spiro atoms. The van der Waals surface area contributed by atoms with Crippen LogP contribution in [0.5, 0.6) is 0 Å². The number of hydrogen-bond donors (Lipinski definition) is 0. The first-order valence-corrected chi connectivity index (χ1v) is 3.23. The van der Waals surface area contributed by atoms with Crippen LogP contribution in [0.2, 0.25) is 0 Å². The summed E-state index contributed by atoms with van der Waals surface area (Å²) in [5.74, 6) is 0.444. The van der Waals surface area contributed by atoms with Crippen molar-refractivity contribution >= 4 is 16.8 Å². The predicted octanol–water partition coefficient (Wildman–Crippen LogP) is 2.19. The van der Waals surface area contributed by atoms with Gasteiger partial charge in [0, 0.05) is 6.42 Å². The van der Waals surface area contributed by atoms with Crippen molar-refractivity contribution in [1.82, 2.24) is 0 Å². The summed E-state index contributed by atoms with van der Waals surface area (Å²) >= 11 is 5.11. The molecule has 0 aromatic rings. The van der Waals surface area contributed by atoms with Gasteiger partial charge in [-0.05, 0) is 17.5 Å². The second kappa shape index (κ2) is 3.90. The van der Waals surface area contributed by atoms with Crippen molar-refractivity contribution in [3.8, 4) is 0 Å². The molecule has 0 heterocycles. The molecule has 0 N–H and O–H groups in total. The lowest BCUT2D eigenvalue weighted by Crippen LogP contribution is -1.96. The highest BCUT2D eigenvalue weighted by Gasteiger charge is 2.02. The average molecular weight is 135 g/mol. The summed E-state index contributed by atoms with van der Waals surface area (Å²) in [6, 6.07) is 0. The first kappa shape index (κ1) is 7.96. The molecule has 0 unspecified atom stereocenters. The number of carbonyl (C=O) groups is 1. The number of carbonyl (C=O) groups excluding carboxylic acids is 1. The Morgan fingerprint density at radius 1 is 1.75 bits per heavy atom. The smallest absolute Gasteiger partial charge is 0.221 e. The van der Waals surface area contributed by atoms with E-state index < -0.39 is 0 Å². The Morgan fingerprint density at radius 2 is 2.25 bits per heavy atom. The molecular formula is C6H11ClO. The molecular weight excluding hydrogens is 124 g/mol. The van der Waals surface area contributed by atoms with Gasteiger partial charge in [-0.15, -0.1) is 0 Å². The molecule has 0 aliphatic heterocycles. The lowest BCUT2D eigenvalue weighted by molar-refractivity contribution is -0.112. The minimum atomic E-state index is -0.223. The zero-order chi connectivity index (χ0) is 6.57. The molecule has 0 amide bonds. The summed E-state index contributed by atoms with van der Waals surface area (Å²) in [7, 11) is 0. The summed E-state index contributed by atoms with van der Waals surface area (Å²) < 4.78 is 0. The molecule has 0 aromatic carbocycles. The van der Waals surface area contributed by atoms with Gasteiger partial charge in [0.2, 0.25) is 5.24 Å². The van der Waals surface area contributed by atoms with Crippen molar-refractivity contribution in [3.63, 3.8) is 0 Å². The van der Waals surface area contributed by atoms with E-state index in [0.29, 0.717) is 12.3 Å². The standard InChI is InChI=1S/C6H11ClO/c1-3-5(2)4-6(7)8/h5H,3-4H2,1-2H3/t5-/m1/s1. The average Bonchev–Trinajstić information content (AvgIpc) is 1.65. The Labute approximate surface area is 55.0 Å². The van der Waals surface area contributed by atoms with E-state index in [1.807, 2.05) is 13.8 Å². The fourth-order valence-electron chi connectivity index (χ4n) is 0.418. The van der Waals surface area contributed by atoms with Crippen LogP contribution >= 0.6 is 11.6 Å². The van der Waals surface area contributed by atoms with Gasteiger partial charge in [-0.1, -0.05) is 20.3 Å². The van der Waals surface area contributed by atoms with Crippen LogP contribution in [-0.2, 0) is 4.79 Å². The highest BCUT2D eigenvalue weighted by atomic mass is 35.5. The molecule has 48 valence electrons. The Bertz CT molecular complexity index is 80.6. The van der Waals surface area contributed by atoms with Crippen molar-refractivity contribution in [2.75, 3.05) is 0 Å². The monoisotopic (exact) mass is 134 g/mol. The molecule has 1 nitrogen and oxygen atoms in total. The maximum atomic E-state index is 10.2. The number of hydrogen-bond acceptors (Lipinski definition) is 1. The van der Waals surface area contributed by atoms with E-state index in [1.54, 1.807) is 0 Å². The topological polar surface area (TPSA) is 17.1 Å². The van der Waals surface area contributed by atoms with Gasteiger partial charge in [-0.25, -0.2) is 0 Å². The summed E-state index contributed by atoms with van der Waals surface area (Å²) in [5, 5.41) is -0.223. The zero-order valence-corrected chi connectivity index (χ0v) is 6.03. The van der Waals surface area contributed by atoms with Gasteiger partial charge in [0.25, 0.3) is 0 Å². The third kappa shape index (κ3) is 4.13. The minimum Gasteiger partial charge on any atom is -0.281 e. The largest absolute Gasteiger partial charge is 0.281 e. The number of halogens is 1. The summed E-state index contributed by atoms with van der Waals surface area (Å²) in [5.41, 5.74) is 0. The van der Waals surface area contributed by atoms with Crippen LogP contribution in [0.25, 0.3) is 0 Å². The van der Waals surface area contributed by atoms with Crippen LogP contribution in [0.4, 0.5) is 0 Å². The van der Waals surface area contributed by atoms with Crippen molar-refractivity contribution in [1.29, 1.82) is 0 Å². The van der Waals surface area contributed by atoms with Crippen molar-refractivity contribution in [2.24, 2.45) is 5.92 Å². The summed E-state index contributed by atoms with van der Waals surface area (Å²) in [6.45, 7) is 4.06. The molecule has 0 aliphatic rings. The van der Waals surface area contributed by atoms with Crippen LogP contribution in [0.3, 0.4) is 0 Å². The highest BCUT2D eigenvalue weighted by molar-refractivity contribution is 6.63. The summed E-state index contributed by atoms with van der Waals surface area (Å²) in [4.78, 5) is 10.2. The molecule has 0 fully saturated rings. The van der Waals surface area contributed by atoms with E-state index in [0.717, 1.165) is 6.42 Å². The van der Waals surface area contributed by atoms with E-state index in [1.165, 1.54) is 0 Å². The Hall–Kier alpha value is -0.0400. The molecule has 0 bridgehead atoms. The first-order chi connectivity index (χ1) is 3.66. The maximum absolute atomic E-state index is 10.2. The molecule has 0 saturated heterocycles. The Balaban J connectivity index is 3.24. The van der Waals surface area contributed by atoms with Gasteiger partial charge in [-0.2, -0.15) is 0 Å². The third-order valence-electron chi connectivity index (χ3n) is 1.21. The third-order valence-corrected chi connectivity index (χ3v) is 1.36. The first-order valence-electron chi connectivity index (χ1n) is 2.85. The van der Waals surface area contributed by atoms with E-state index in [-0.39, 0.29) is 5.24 Å². The van der Waals surface area contributed by atoms with Crippen LogP contribution in [0.15, 0.2) is 0 Å². The molecule has 0 rings (SSSR count). The van der Waals surface area contributed by atoms with Crippen molar-refractivity contribution in [2.45, 2.75) is 26.7 Å². The Morgan fingerprint density at radius 3 is 2.38 bits per heavy atom. The van der Waals surface area contributed by atoms with E-state index in [9.17, 15) is 4.79 Å². The Kier molecular flexibility index (Phi) is 3.88. The predicted molar refractivity (Wildman–Crippen MR) is 34.9 cm³/mol. The fraction of sp³-hybridized carbons (Fsp3) is 0.833. The second-order valence-corrected chi connectivity index (χ2v) is 2.49. The molecule has 1 atom stereocenters. The lowest BCUT2D eigenvalue weighted by Gasteiger charge is -2.00. The van der Waals surface area contributed by atoms with Crippen molar-refractivity contribution < 1.29 is 4.79 Å². The summed E-state index contributed by atoms with van der Waals surface area (Å²) in [6.07, 6.45) is 1.54. The van der Waals surface area contributed by atoms with Crippen LogP contribution in [0.1, 0.15) is 26.7 Å². The van der Waals surface area contributed by atoms with Gasteiger partial charge in [-0.3, -0.25) is 4.79 Å². The van der Waals surface area contributed by atoms with Gasteiger partial charge in [0.1, 0.15) is 0 Å². The normalized spacial score (nSPS) is 13.4. The van der Waals surface area contributed by atoms with Gasteiger partial charge in [0.05, 0.1) is 0 Å². The molecule has 2 heteroatoms. The van der Waals surface area contributed by atoms with Crippen LogP contribution < -0.4 is 0 Å². The van der Waals surface area contributed by atoms with Gasteiger partial charge in [0.15, 0.2) is 0 Å². The lowest BCUT2D eigenvalue weighted by atomic mass is 10.1.